The van der Waals surface area contributed by atoms with Gasteiger partial charge in [0.2, 0.25) is 0 Å². The van der Waals surface area contributed by atoms with Gasteiger partial charge in [-0.2, -0.15) is 0 Å². The zero-order valence-electron chi connectivity index (χ0n) is 19.7. The Bertz CT molecular complexity index is 1020. The Hall–Kier alpha value is -3.04. The SMILES string of the molecule is Cc1cnc(C)cn1.Cc1cnc(C)cn1.Oc1cc(O)c(Cl)cc1Cl.Oc1cc(O)c(Cl)cc1Cl. The van der Waals surface area contributed by atoms with Gasteiger partial charge in [-0.3, -0.25) is 19.9 Å². The third kappa shape index (κ3) is 11.6. The average Bonchev–Trinajstić information content (AvgIpc) is 2.82. The van der Waals surface area contributed by atoms with Crippen molar-refractivity contribution in [3.63, 3.8) is 0 Å². The molecular weight excluding hydrogens is 550 g/mol. The van der Waals surface area contributed by atoms with Crippen LogP contribution in [0.2, 0.25) is 20.1 Å². The van der Waals surface area contributed by atoms with Crippen LogP contribution in [0.1, 0.15) is 22.8 Å². The minimum Gasteiger partial charge on any atom is -0.506 e. The van der Waals surface area contributed by atoms with E-state index in [4.69, 9.17) is 66.8 Å². The molecule has 2 heterocycles. The van der Waals surface area contributed by atoms with E-state index < -0.39 is 0 Å². The second-order valence-corrected chi connectivity index (χ2v) is 8.74. The molecule has 4 N–H and O–H groups in total. The van der Waals surface area contributed by atoms with Gasteiger partial charge in [0.25, 0.3) is 0 Å². The third-order valence-corrected chi connectivity index (χ3v) is 5.06. The van der Waals surface area contributed by atoms with Crippen molar-refractivity contribution in [3.8, 4) is 23.0 Å². The summed E-state index contributed by atoms with van der Waals surface area (Å²) in [5.41, 5.74) is 3.87. The molecule has 36 heavy (non-hydrogen) atoms. The lowest BCUT2D eigenvalue weighted by atomic mass is 10.3. The first-order valence-corrected chi connectivity index (χ1v) is 11.6. The fourth-order valence-corrected chi connectivity index (χ4v) is 2.73. The molecule has 0 saturated carbocycles. The molecule has 0 radical (unpaired) electrons. The van der Waals surface area contributed by atoms with Crippen molar-refractivity contribution < 1.29 is 20.4 Å². The van der Waals surface area contributed by atoms with Gasteiger partial charge in [-0.1, -0.05) is 46.4 Å². The first-order chi connectivity index (χ1) is 16.8. The van der Waals surface area contributed by atoms with E-state index in [0.717, 1.165) is 34.9 Å². The third-order valence-electron chi connectivity index (χ3n) is 3.85. The molecular formula is C24H24Cl4N4O4. The second-order valence-electron chi connectivity index (χ2n) is 7.11. The molecule has 4 rings (SSSR count). The van der Waals surface area contributed by atoms with Crippen molar-refractivity contribution in [2.24, 2.45) is 0 Å². The van der Waals surface area contributed by atoms with E-state index in [0.29, 0.717) is 0 Å². The molecule has 0 aliphatic heterocycles. The Morgan fingerprint density at radius 1 is 0.417 bits per heavy atom. The van der Waals surface area contributed by atoms with Crippen LogP contribution in [0.15, 0.2) is 49.1 Å². The van der Waals surface area contributed by atoms with E-state index in [9.17, 15) is 0 Å². The molecule has 12 heteroatoms. The molecule has 0 fully saturated rings. The van der Waals surface area contributed by atoms with Crippen molar-refractivity contribution in [3.05, 3.63) is 91.9 Å². The minimum atomic E-state index is -0.177. The number of halogens is 4. The molecule has 4 aromatic rings. The van der Waals surface area contributed by atoms with Crippen molar-refractivity contribution in [2.75, 3.05) is 0 Å². The fourth-order valence-electron chi connectivity index (χ4n) is 1.97. The first kappa shape index (κ1) is 31.0. The lowest BCUT2D eigenvalue weighted by molar-refractivity contribution is 0.450. The van der Waals surface area contributed by atoms with Crippen LogP contribution >= 0.6 is 46.4 Å². The zero-order valence-corrected chi connectivity index (χ0v) is 22.7. The molecule has 192 valence electrons. The summed E-state index contributed by atoms with van der Waals surface area (Å²) in [6, 6.07) is 4.72. The Morgan fingerprint density at radius 2 is 0.611 bits per heavy atom. The summed E-state index contributed by atoms with van der Waals surface area (Å²) < 4.78 is 0. The molecule has 0 aliphatic rings. The largest absolute Gasteiger partial charge is 0.506 e. The molecule has 0 bridgehead atoms. The standard InChI is InChI=1S/2C6H4Cl2O2.2C6H8N2/c2*7-3-1-4(8)6(10)2-5(3)9;2*1-5-3-8-6(2)4-7-5/h2*1-2,9-10H;2*3-4H,1-2H3. The predicted octanol–water partition coefficient (Wildman–Crippen LogP) is 7.00. The summed E-state index contributed by atoms with van der Waals surface area (Å²) in [6.07, 6.45) is 7.04. The van der Waals surface area contributed by atoms with Crippen LogP contribution in [-0.2, 0) is 0 Å². The first-order valence-electron chi connectivity index (χ1n) is 10.0. The Balaban J connectivity index is 0.000000241. The maximum atomic E-state index is 8.87. The maximum absolute atomic E-state index is 8.87. The van der Waals surface area contributed by atoms with Crippen LogP contribution in [0.5, 0.6) is 23.0 Å². The molecule has 2 aromatic carbocycles. The number of hydrogen-bond acceptors (Lipinski definition) is 8. The van der Waals surface area contributed by atoms with Gasteiger partial charge < -0.3 is 20.4 Å². The van der Waals surface area contributed by atoms with Crippen molar-refractivity contribution in [1.82, 2.24) is 19.9 Å². The van der Waals surface area contributed by atoms with E-state index in [1.165, 1.54) is 12.1 Å². The van der Waals surface area contributed by atoms with Gasteiger partial charge in [-0.05, 0) is 39.8 Å². The Kier molecular flexibility index (Phi) is 13.0. The predicted molar refractivity (Wildman–Crippen MR) is 143 cm³/mol. The van der Waals surface area contributed by atoms with Crippen LogP contribution in [-0.4, -0.2) is 40.4 Å². The second kappa shape index (κ2) is 15.2. The van der Waals surface area contributed by atoms with Gasteiger partial charge in [0.05, 0.1) is 42.9 Å². The number of aromatic nitrogens is 4. The van der Waals surface area contributed by atoms with Crippen LogP contribution in [0.3, 0.4) is 0 Å². The number of nitrogens with zero attached hydrogens (tertiary/aromatic N) is 4. The summed E-state index contributed by atoms with van der Waals surface area (Å²) in [7, 11) is 0. The van der Waals surface area contributed by atoms with Crippen molar-refractivity contribution in [1.29, 1.82) is 0 Å². The number of aryl methyl sites for hydroxylation is 4. The highest BCUT2D eigenvalue weighted by Crippen LogP contribution is 2.34. The summed E-state index contributed by atoms with van der Waals surface area (Å²) in [5, 5.41) is 36.0. The summed E-state index contributed by atoms with van der Waals surface area (Å²) in [4.78, 5) is 16.1. The van der Waals surface area contributed by atoms with Gasteiger partial charge in [0.1, 0.15) is 23.0 Å². The molecule has 8 nitrogen and oxygen atoms in total. The monoisotopic (exact) mass is 572 g/mol. The zero-order chi connectivity index (χ0) is 27.4. The van der Waals surface area contributed by atoms with Gasteiger partial charge in [0, 0.05) is 36.9 Å². The lowest BCUT2D eigenvalue weighted by Gasteiger charge is -1.98. The maximum Gasteiger partial charge on any atom is 0.137 e. The van der Waals surface area contributed by atoms with E-state index >= 15 is 0 Å². The highest BCUT2D eigenvalue weighted by molar-refractivity contribution is 6.36. The normalized spacial score (nSPS) is 9.56. The van der Waals surface area contributed by atoms with E-state index in [-0.39, 0.29) is 43.1 Å². The Labute approximate surface area is 228 Å². The van der Waals surface area contributed by atoms with Crippen LogP contribution in [0, 0.1) is 27.7 Å². The van der Waals surface area contributed by atoms with Crippen LogP contribution < -0.4 is 0 Å². The number of phenolic OH excluding ortho intramolecular Hbond substituents is 4. The molecule has 0 aliphatic carbocycles. The topological polar surface area (TPSA) is 132 Å². The summed E-state index contributed by atoms with van der Waals surface area (Å²) in [5.74, 6) is -0.709. The summed E-state index contributed by atoms with van der Waals surface area (Å²) >= 11 is 21.8. The van der Waals surface area contributed by atoms with Crippen molar-refractivity contribution >= 4 is 46.4 Å². The van der Waals surface area contributed by atoms with E-state index in [2.05, 4.69) is 19.9 Å². The molecule has 0 unspecified atom stereocenters. The fraction of sp³-hybridized carbons (Fsp3) is 0.167. The lowest BCUT2D eigenvalue weighted by Crippen LogP contribution is -1.84. The van der Waals surface area contributed by atoms with Gasteiger partial charge >= 0.3 is 0 Å². The number of benzene rings is 2. The molecule has 0 spiro atoms. The highest BCUT2D eigenvalue weighted by atomic mass is 35.5. The minimum absolute atomic E-state index is 0.128. The van der Waals surface area contributed by atoms with Gasteiger partial charge in [-0.15, -0.1) is 0 Å². The van der Waals surface area contributed by atoms with Gasteiger partial charge in [0.15, 0.2) is 0 Å². The molecule has 0 amide bonds. The quantitative estimate of drug-likeness (QED) is 0.177. The van der Waals surface area contributed by atoms with Crippen molar-refractivity contribution in [2.45, 2.75) is 27.7 Å². The highest BCUT2D eigenvalue weighted by Gasteiger charge is 2.04. The average molecular weight is 574 g/mol. The van der Waals surface area contributed by atoms with E-state index in [1.807, 2.05) is 27.7 Å². The van der Waals surface area contributed by atoms with Crippen LogP contribution in [0.25, 0.3) is 0 Å². The number of rotatable bonds is 0. The molecule has 2 aromatic heterocycles. The Morgan fingerprint density at radius 3 is 0.750 bits per heavy atom. The molecule has 0 saturated heterocycles. The molecule has 0 atom stereocenters. The van der Waals surface area contributed by atoms with E-state index in [1.54, 1.807) is 24.8 Å². The number of aromatic hydroxyl groups is 4. The number of phenols is 4. The smallest absolute Gasteiger partial charge is 0.137 e. The van der Waals surface area contributed by atoms with Crippen LogP contribution in [0.4, 0.5) is 0 Å². The number of hydrogen-bond donors (Lipinski definition) is 4. The summed E-state index contributed by atoms with van der Waals surface area (Å²) in [6.45, 7) is 7.69. The van der Waals surface area contributed by atoms with Gasteiger partial charge in [-0.25, -0.2) is 0 Å².